The summed E-state index contributed by atoms with van der Waals surface area (Å²) in [5, 5.41) is 0. The average molecular weight is 289 g/mol. The van der Waals surface area contributed by atoms with Gasteiger partial charge in [0.05, 0.1) is 6.54 Å². The largest absolute Gasteiger partial charge is 0.445 e. The lowest BCUT2D eigenvalue weighted by molar-refractivity contribution is -0.124. The summed E-state index contributed by atoms with van der Waals surface area (Å²) in [5.74, 6) is 0.253. The van der Waals surface area contributed by atoms with E-state index in [9.17, 15) is 9.59 Å². The lowest BCUT2D eigenvalue weighted by Gasteiger charge is -2.26. The van der Waals surface area contributed by atoms with Crippen LogP contribution in [-0.2, 0) is 16.1 Å². The second-order valence-corrected chi connectivity index (χ2v) is 5.53. The lowest BCUT2D eigenvalue weighted by Crippen LogP contribution is -2.40. The molecule has 1 aromatic carbocycles. The molecule has 0 aromatic heterocycles. The number of hydrogen-bond donors (Lipinski definition) is 0. The quantitative estimate of drug-likeness (QED) is 0.856. The van der Waals surface area contributed by atoms with E-state index < -0.39 is 0 Å². The molecule has 114 valence electrons. The van der Waals surface area contributed by atoms with E-state index in [2.05, 4.69) is 0 Å². The third-order valence-electron chi connectivity index (χ3n) is 3.99. The third-order valence-corrected chi connectivity index (χ3v) is 3.99. The summed E-state index contributed by atoms with van der Waals surface area (Å²) in [6.45, 7) is 3.08. The first-order valence-electron chi connectivity index (χ1n) is 7.69. The molecule has 2 rings (SSSR count). The van der Waals surface area contributed by atoms with Gasteiger partial charge in [-0.05, 0) is 24.8 Å². The van der Waals surface area contributed by atoms with E-state index in [4.69, 9.17) is 4.74 Å². The molecule has 1 fully saturated rings. The number of carbonyl (C=O) groups excluding carboxylic acids is 2. The first kappa shape index (κ1) is 15.5. The molecule has 1 atom stereocenters. The molecule has 21 heavy (non-hydrogen) atoms. The molecule has 0 N–H and O–H groups in total. The fourth-order valence-electron chi connectivity index (χ4n) is 2.65. The standard InChI is InChI=1S/C17H23NO3/c1-2-15-10-6-7-11-18(12-16(15)19)17(20)21-13-14-8-4-3-5-9-14/h3-5,8-9,15H,2,6-7,10-13H2,1H3. The molecule has 1 amide bonds. The second-order valence-electron chi connectivity index (χ2n) is 5.53. The Morgan fingerprint density at radius 1 is 1.29 bits per heavy atom. The van der Waals surface area contributed by atoms with Crippen molar-refractivity contribution in [3.8, 4) is 0 Å². The summed E-state index contributed by atoms with van der Waals surface area (Å²) >= 11 is 0. The minimum Gasteiger partial charge on any atom is -0.445 e. The molecular formula is C17H23NO3. The number of carbonyl (C=O) groups is 2. The van der Waals surface area contributed by atoms with Crippen LogP contribution in [0.5, 0.6) is 0 Å². The highest BCUT2D eigenvalue weighted by molar-refractivity contribution is 5.86. The fraction of sp³-hybridized carbons (Fsp3) is 0.529. The average Bonchev–Trinajstić information content (AvgIpc) is 2.50. The molecule has 1 heterocycles. The number of nitrogens with zero attached hydrogens (tertiary/aromatic N) is 1. The number of rotatable bonds is 3. The van der Waals surface area contributed by atoms with Crippen LogP contribution in [0.25, 0.3) is 0 Å². The minimum atomic E-state index is -0.385. The molecule has 1 aliphatic heterocycles. The topological polar surface area (TPSA) is 46.6 Å². The Morgan fingerprint density at radius 3 is 2.76 bits per heavy atom. The lowest BCUT2D eigenvalue weighted by atomic mass is 9.93. The van der Waals surface area contributed by atoms with E-state index in [1.807, 2.05) is 37.3 Å². The summed E-state index contributed by atoms with van der Waals surface area (Å²) < 4.78 is 5.32. The van der Waals surface area contributed by atoms with Gasteiger partial charge in [0.25, 0.3) is 0 Å². The van der Waals surface area contributed by atoms with Gasteiger partial charge in [0.1, 0.15) is 6.61 Å². The number of benzene rings is 1. The zero-order valence-electron chi connectivity index (χ0n) is 12.6. The maximum absolute atomic E-state index is 12.1. The van der Waals surface area contributed by atoms with Crippen LogP contribution in [0.2, 0.25) is 0 Å². The molecule has 4 heteroatoms. The molecule has 0 aliphatic carbocycles. The van der Waals surface area contributed by atoms with Gasteiger partial charge in [-0.3, -0.25) is 4.79 Å². The fourth-order valence-corrected chi connectivity index (χ4v) is 2.65. The Bertz CT molecular complexity index is 472. The second kappa shape index (κ2) is 7.81. The normalized spacial score (nSPS) is 19.8. The Labute approximate surface area is 126 Å². The van der Waals surface area contributed by atoms with E-state index in [1.165, 1.54) is 0 Å². The number of likely N-dealkylation sites (tertiary alicyclic amines) is 1. The molecule has 0 saturated carbocycles. The Morgan fingerprint density at radius 2 is 2.05 bits per heavy atom. The number of ether oxygens (including phenoxy) is 1. The summed E-state index contributed by atoms with van der Waals surface area (Å²) in [5.41, 5.74) is 0.954. The summed E-state index contributed by atoms with van der Waals surface area (Å²) in [6, 6.07) is 9.58. The van der Waals surface area contributed by atoms with E-state index in [0.29, 0.717) is 6.54 Å². The number of amides is 1. The van der Waals surface area contributed by atoms with Crippen LogP contribution >= 0.6 is 0 Å². The summed E-state index contributed by atoms with van der Waals surface area (Å²) in [4.78, 5) is 25.8. The van der Waals surface area contributed by atoms with Crippen molar-refractivity contribution in [3.63, 3.8) is 0 Å². The van der Waals surface area contributed by atoms with Gasteiger partial charge in [0, 0.05) is 12.5 Å². The van der Waals surface area contributed by atoms with E-state index in [-0.39, 0.29) is 30.9 Å². The molecular weight excluding hydrogens is 266 g/mol. The zero-order valence-corrected chi connectivity index (χ0v) is 12.6. The highest BCUT2D eigenvalue weighted by Crippen LogP contribution is 2.18. The van der Waals surface area contributed by atoms with Crippen molar-refractivity contribution in [2.75, 3.05) is 13.1 Å². The molecule has 1 unspecified atom stereocenters. The van der Waals surface area contributed by atoms with E-state index in [0.717, 1.165) is 31.2 Å². The van der Waals surface area contributed by atoms with Crippen molar-refractivity contribution in [3.05, 3.63) is 35.9 Å². The maximum atomic E-state index is 12.1. The van der Waals surface area contributed by atoms with Crippen molar-refractivity contribution in [1.82, 2.24) is 4.90 Å². The van der Waals surface area contributed by atoms with Crippen LogP contribution in [0.3, 0.4) is 0 Å². The summed E-state index contributed by atoms with van der Waals surface area (Å²) in [7, 11) is 0. The van der Waals surface area contributed by atoms with Gasteiger partial charge in [-0.2, -0.15) is 0 Å². The SMILES string of the molecule is CCC1CCCCN(C(=O)OCc2ccccc2)CC1=O. The summed E-state index contributed by atoms with van der Waals surface area (Å²) in [6.07, 6.45) is 3.34. The predicted octanol–water partition coefficient (Wildman–Crippen LogP) is 3.40. The number of hydrogen-bond acceptors (Lipinski definition) is 3. The molecule has 1 aliphatic rings. The molecule has 1 saturated heterocycles. The van der Waals surface area contributed by atoms with Gasteiger partial charge < -0.3 is 9.64 Å². The maximum Gasteiger partial charge on any atom is 0.410 e. The van der Waals surface area contributed by atoms with Crippen LogP contribution in [0, 0.1) is 5.92 Å². The first-order valence-corrected chi connectivity index (χ1v) is 7.69. The number of ketones is 1. The third kappa shape index (κ3) is 4.59. The molecule has 1 aromatic rings. The van der Waals surface area contributed by atoms with Crippen LogP contribution in [0.1, 0.15) is 38.2 Å². The highest BCUT2D eigenvalue weighted by Gasteiger charge is 2.25. The Balaban J connectivity index is 1.89. The van der Waals surface area contributed by atoms with Crippen molar-refractivity contribution < 1.29 is 14.3 Å². The van der Waals surface area contributed by atoms with Gasteiger partial charge in [-0.1, -0.05) is 43.7 Å². The van der Waals surface area contributed by atoms with Crippen LogP contribution in [0.15, 0.2) is 30.3 Å². The number of Topliss-reactive ketones (excluding diaryl/α,β-unsaturated/α-hetero) is 1. The zero-order chi connectivity index (χ0) is 15.1. The monoisotopic (exact) mass is 289 g/mol. The van der Waals surface area contributed by atoms with E-state index >= 15 is 0 Å². The molecule has 0 radical (unpaired) electrons. The van der Waals surface area contributed by atoms with Gasteiger partial charge >= 0.3 is 6.09 Å². The van der Waals surface area contributed by atoms with Gasteiger partial charge in [-0.15, -0.1) is 0 Å². The molecule has 0 spiro atoms. The van der Waals surface area contributed by atoms with Crippen molar-refractivity contribution in [2.45, 2.75) is 39.2 Å². The van der Waals surface area contributed by atoms with Gasteiger partial charge in [0.15, 0.2) is 5.78 Å². The molecule has 0 bridgehead atoms. The predicted molar refractivity (Wildman–Crippen MR) is 80.8 cm³/mol. The van der Waals surface area contributed by atoms with Gasteiger partial charge in [-0.25, -0.2) is 4.79 Å². The Hall–Kier alpha value is -1.84. The smallest absolute Gasteiger partial charge is 0.410 e. The van der Waals surface area contributed by atoms with Crippen molar-refractivity contribution in [2.24, 2.45) is 5.92 Å². The first-order chi connectivity index (χ1) is 10.2. The van der Waals surface area contributed by atoms with Crippen LogP contribution in [0.4, 0.5) is 4.79 Å². The van der Waals surface area contributed by atoms with Crippen molar-refractivity contribution >= 4 is 11.9 Å². The van der Waals surface area contributed by atoms with Crippen LogP contribution in [-0.4, -0.2) is 29.9 Å². The highest BCUT2D eigenvalue weighted by atomic mass is 16.6. The van der Waals surface area contributed by atoms with Gasteiger partial charge in [0.2, 0.25) is 0 Å². The Kier molecular flexibility index (Phi) is 5.78. The van der Waals surface area contributed by atoms with Crippen molar-refractivity contribution in [1.29, 1.82) is 0 Å². The van der Waals surface area contributed by atoms with Crippen LogP contribution < -0.4 is 0 Å². The van der Waals surface area contributed by atoms with E-state index in [1.54, 1.807) is 4.90 Å². The molecule has 4 nitrogen and oxygen atoms in total. The minimum absolute atomic E-state index is 0.0923.